The van der Waals surface area contributed by atoms with E-state index in [1.54, 1.807) is 11.8 Å². The molecule has 5 heteroatoms. The van der Waals surface area contributed by atoms with E-state index in [1.807, 2.05) is 13.8 Å². The van der Waals surface area contributed by atoms with Gasteiger partial charge in [-0.2, -0.15) is 12.6 Å². The minimum atomic E-state index is -0.375. The van der Waals surface area contributed by atoms with Crippen molar-refractivity contribution in [3.63, 3.8) is 0 Å². The summed E-state index contributed by atoms with van der Waals surface area (Å²) < 4.78 is 0. The summed E-state index contributed by atoms with van der Waals surface area (Å²) in [4.78, 5) is 24.9. The Bertz CT molecular complexity index is 268. The van der Waals surface area contributed by atoms with Crippen LogP contribution in [0.4, 0.5) is 0 Å². The Labute approximate surface area is 95.8 Å². The highest BCUT2D eigenvalue weighted by molar-refractivity contribution is 7.81. The van der Waals surface area contributed by atoms with E-state index >= 15 is 0 Å². The van der Waals surface area contributed by atoms with Crippen molar-refractivity contribution >= 4 is 24.4 Å². The molecule has 1 saturated heterocycles. The third kappa shape index (κ3) is 2.65. The molecule has 1 fully saturated rings. The lowest BCUT2D eigenvalue weighted by atomic mass is 10.1. The van der Waals surface area contributed by atoms with E-state index in [1.165, 1.54) is 0 Å². The van der Waals surface area contributed by atoms with Gasteiger partial charge in [0.2, 0.25) is 11.8 Å². The maximum Gasteiger partial charge on any atom is 0.242 e. The summed E-state index contributed by atoms with van der Waals surface area (Å²) >= 11 is 4.28. The normalized spacial score (nSPS) is 23.9. The highest BCUT2D eigenvalue weighted by Crippen LogP contribution is 2.15. The van der Waals surface area contributed by atoms with Crippen molar-refractivity contribution in [3.05, 3.63) is 0 Å². The first-order valence-corrected chi connectivity index (χ1v) is 5.73. The van der Waals surface area contributed by atoms with Gasteiger partial charge in [0.1, 0.15) is 6.04 Å². The fourth-order valence-corrected chi connectivity index (χ4v) is 1.69. The van der Waals surface area contributed by atoms with Crippen LogP contribution in [0, 0.1) is 5.92 Å². The van der Waals surface area contributed by atoms with Crippen LogP contribution in [0.5, 0.6) is 0 Å². The van der Waals surface area contributed by atoms with Gasteiger partial charge in [-0.05, 0) is 12.8 Å². The molecule has 1 aliphatic rings. The number of rotatable bonds is 2. The van der Waals surface area contributed by atoms with Crippen molar-refractivity contribution < 1.29 is 9.59 Å². The first-order valence-electron chi connectivity index (χ1n) is 5.21. The van der Waals surface area contributed by atoms with Crippen LogP contribution in [0.25, 0.3) is 0 Å². The zero-order valence-corrected chi connectivity index (χ0v) is 10.3. The maximum absolute atomic E-state index is 12.0. The Morgan fingerprint density at radius 2 is 2.20 bits per heavy atom. The molecule has 1 heterocycles. The molecule has 2 unspecified atom stereocenters. The highest BCUT2D eigenvalue weighted by atomic mass is 32.1. The van der Waals surface area contributed by atoms with E-state index in [-0.39, 0.29) is 29.0 Å². The van der Waals surface area contributed by atoms with Crippen molar-refractivity contribution in [1.29, 1.82) is 0 Å². The number of piperazine rings is 1. The van der Waals surface area contributed by atoms with Gasteiger partial charge < -0.3 is 10.2 Å². The third-order valence-corrected chi connectivity index (χ3v) is 3.48. The minimum Gasteiger partial charge on any atom is -0.353 e. The summed E-state index contributed by atoms with van der Waals surface area (Å²) in [5, 5.41) is 2.41. The van der Waals surface area contributed by atoms with Crippen molar-refractivity contribution in [2.24, 2.45) is 5.92 Å². The SMILES string of the molecule is CC(C)C(S)C(=O)N1CCNC(=O)C1C. The zero-order chi connectivity index (χ0) is 11.6. The Hall–Kier alpha value is -0.710. The van der Waals surface area contributed by atoms with E-state index < -0.39 is 0 Å². The molecule has 86 valence electrons. The molecule has 0 aromatic carbocycles. The van der Waals surface area contributed by atoms with Crippen molar-refractivity contribution in [2.75, 3.05) is 13.1 Å². The number of nitrogens with one attached hydrogen (secondary N) is 1. The molecule has 0 saturated carbocycles. The summed E-state index contributed by atoms with van der Waals surface area (Å²) in [6.45, 7) is 6.75. The predicted molar refractivity (Wildman–Crippen MR) is 61.8 cm³/mol. The lowest BCUT2D eigenvalue weighted by Crippen LogP contribution is -2.57. The molecule has 2 amide bonds. The molecule has 0 radical (unpaired) electrons. The standard InChI is InChI=1S/C10H18N2O2S/c1-6(2)8(15)10(14)12-5-4-11-9(13)7(12)3/h6-8,15H,4-5H2,1-3H3,(H,11,13). The topological polar surface area (TPSA) is 49.4 Å². The van der Waals surface area contributed by atoms with Gasteiger partial charge in [-0.3, -0.25) is 9.59 Å². The quantitative estimate of drug-likeness (QED) is 0.670. The number of hydrogen-bond donors (Lipinski definition) is 2. The van der Waals surface area contributed by atoms with Crippen molar-refractivity contribution in [3.8, 4) is 0 Å². The Morgan fingerprint density at radius 1 is 1.60 bits per heavy atom. The van der Waals surface area contributed by atoms with Crippen LogP contribution >= 0.6 is 12.6 Å². The van der Waals surface area contributed by atoms with Gasteiger partial charge >= 0.3 is 0 Å². The van der Waals surface area contributed by atoms with Gasteiger partial charge in [0, 0.05) is 13.1 Å². The first kappa shape index (κ1) is 12.4. The van der Waals surface area contributed by atoms with E-state index in [0.717, 1.165) is 0 Å². The Balaban J connectivity index is 2.70. The average molecular weight is 230 g/mol. The lowest BCUT2D eigenvalue weighted by molar-refractivity contribution is -0.142. The molecule has 1 aliphatic heterocycles. The summed E-state index contributed by atoms with van der Waals surface area (Å²) in [5.41, 5.74) is 0. The number of hydrogen-bond acceptors (Lipinski definition) is 3. The molecule has 0 aromatic rings. The Morgan fingerprint density at radius 3 is 2.73 bits per heavy atom. The number of thiol groups is 1. The van der Waals surface area contributed by atoms with Crippen LogP contribution in [0.15, 0.2) is 0 Å². The number of nitrogens with zero attached hydrogens (tertiary/aromatic N) is 1. The molecule has 0 spiro atoms. The van der Waals surface area contributed by atoms with Gasteiger partial charge in [0.05, 0.1) is 5.25 Å². The van der Waals surface area contributed by atoms with E-state index in [2.05, 4.69) is 17.9 Å². The molecule has 1 N–H and O–H groups in total. The Kier molecular flexibility index (Phi) is 4.02. The van der Waals surface area contributed by atoms with Gasteiger partial charge in [0.25, 0.3) is 0 Å². The second-order valence-electron chi connectivity index (χ2n) is 4.19. The van der Waals surface area contributed by atoms with Gasteiger partial charge in [0.15, 0.2) is 0 Å². The highest BCUT2D eigenvalue weighted by Gasteiger charge is 2.32. The second-order valence-corrected chi connectivity index (χ2v) is 4.74. The summed E-state index contributed by atoms with van der Waals surface area (Å²) in [5.74, 6) is 0.0487. The van der Waals surface area contributed by atoms with E-state index in [9.17, 15) is 9.59 Å². The predicted octanol–water partition coefficient (Wildman–Crippen LogP) is 0.288. The first-order chi connectivity index (χ1) is 6.95. The molecular formula is C10H18N2O2S. The molecule has 0 aromatic heterocycles. The van der Waals surface area contributed by atoms with Gasteiger partial charge in [-0.1, -0.05) is 13.8 Å². The lowest BCUT2D eigenvalue weighted by Gasteiger charge is -2.35. The molecule has 0 aliphatic carbocycles. The van der Waals surface area contributed by atoms with E-state index in [4.69, 9.17) is 0 Å². The molecule has 2 atom stereocenters. The fourth-order valence-electron chi connectivity index (χ4n) is 1.54. The van der Waals surface area contributed by atoms with Crippen molar-refractivity contribution in [1.82, 2.24) is 10.2 Å². The van der Waals surface area contributed by atoms with Crippen LogP contribution in [0.2, 0.25) is 0 Å². The number of carbonyl (C=O) groups excluding carboxylic acids is 2. The minimum absolute atomic E-state index is 0.0457. The zero-order valence-electron chi connectivity index (χ0n) is 9.36. The fraction of sp³-hybridized carbons (Fsp3) is 0.800. The van der Waals surface area contributed by atoms with Crippen LogP contribution < -0.4 is 5.32 Å². The summed E-state index contributed by atoms with van der Waals surface area (Å²) in [6.07, 6.45) is 0. The largest absolute Gasteiger partial charge is 0.353 e. The van der Waals surface area contributed by atoms with Crippen LogP contribution in [0.3, 0.4) is 0 Å². The summed E-state index contributed by atoms with van der Waals surface area (Å²) in [6, 6.07) is -0.375. The average Bonchev–Trinajstić information content (AvgIpc) is 2.20. The molecule has 4 nitrogen and oxygen atoms in total. The smallest absolute Gasteiger partial charge is 0.242 e. The number of carbonyl (C=O) groups is 2. The van der Waals surface area contributed by atoms with Crippen LogP contribution in [-0.2, 0) is 9.59 Å². The van der Waals surface area contributed by atoms with Gasteiger partial charge in [-0.15, -0.1) is 0 Å². The van der Waals surface area contributed by atoms with E-state index in [0.29, 0.717) is 13.1 Å². The number of amides is 2. The van der Waals surface area contributed by atoms with Crippen LogP contribution in [0.1, 0.15) is 20.8 Å². The van der Waals surface area contributed by atoms with Gasteiger partial charge in [-0.25, -0.2) is 0 Å². The third-order valence-electron chi connectivity index (χ3n) is 2.67. The van der Waals surface area contributed by atoms with Crippen LogP contribution in [-0.4, -0.2) is 41.1 Å². The molecule has 1 rings (SSSR count). The maximum atomic E-state index is 12.0. The van der Waals surface area contributed by atoms with Crippen molar-refractivity contribution in [2.45, 2.75) is 32.1 Å². The monoisotopic (exact) mass is 230 g/mol. The molecular weight excluding hydrogens is 212 g/mol. The summed E-state index contributed by atoms with van der Waals surface area (Å²) in [7, 11) is 0. The second kappa shape index (κ2) is 4.88. The molecule has 0 bridgehead atoms. The molecule has 15 heavy (non-hydrogen) atoms.